The third kappa shape index (κ3) is 4.60. The molecule has 146 valence electrons. The molecule has 0 aromatic heterocycles. The van der Waals surface area contributed by atoms with Gasteiger partial charge in [0.05, 0.1) is 5.30 Å². The van der Waals surface area contributed by atoms with E-state index in [4.69, 9.17) is 4.74 Å². The second-order valence-corrected chi connectivity index (χ2v) is 9.30. The topological polar surface area (TPSA) is 66.8 Å². The van der Waals surface area contributed by atoms with Crippen molar-refractivity contribution in [2.75, 3.05) is 0 Å². The Hall–Kier alpha value is -1.68. The average Bonchev–Trinajstić information content (AvgIpc) is 2.58. The van der Waals surface area contributed by atoms with Gasteiger partial charge in [0, 0.05) is 6.07 Å². The fraction of sp³-hybridized carbons (Fsp3) is 0.429. The van der Waals surface area contributed by atoms with E-state index in [0.29, 0.717) is 28.5 Å². The number of halogens is 1. The SMILES string of the molecule is Cc1cc(P(=O)(O)O)cc(C)c1Oc1ccc([C@H]2CC[C@H](C)CC2)c(F)c1. The monoisotopic (exact) mass is 392 g/mol. The zero-order valence-corrected chi connectivity index (χ0v) is 16.8. The van der Waals surface area contributed by atoms with Crippen molar-refractivity contribution in [3.63, 3.8) is 0 Å². The molecule has 0 amide bonds. The van der Waals surface area contributed by atoms with Gasteiger partial charge in [-0.2, -0.15) is 0 Å². The number of benzene rings is 2. The van der Waals surface area contributed by atoms with Crippen LogP contribution in [0.4, 0.5) is 4.39 Å². The third-order valence-corrected chi connectivity index (χ3v) is 6.36. The van der Waals surface area contributed by atoms with Crippen LogP contribution in [0.1, 0.15) is 55.2 Å². The summed E-state index contributed by atoms with van der Waals surface area (Å²) in [6, 6.07) is 7.81. The quantitative estimate of drug-likeness (QED) is 0.690. The molecule has 3 rings (SSSR count). The molecule has 1 fully saturated rings. The molecule has 2 aromatic carbocycles. The molecule has 0 atom stereocenters. The molecule has 1 aliphatic rings. The molecule has 0 saturated heterocycles. The molecular weight excluding hydrogens is 366 g/mol. The minimum Gasteiger partial charge on any atom is -0.457 e. The summed E-state index contributed by atoms with van der Waals surface area (Å²) in [5, 5.41) is -0.0436. The van der Waals surface area contributed by atoms with Gasteiger partial charge >= 0.3 is 7.60 Å². The summed E-state index contributed by atoms with van der Waals surface area (Å²) in [5.41, 5.74) is 1.94. The van der Waals surface area contributed by atoms with Crippen molar-refractivity contribution in [3.8, 4) is 11.5 Å². The maximum Gasteiger partial charge on any atom is 0.356 e. The van der Waals surface area contributed by atoms with Crippen molar-refractivity contribution < 1.29 is 23.5 Å². The van der Waals surface area contributed by atoms with Crippen LogP contribution in [0, 0.1) is 25.6 Å². The molecule has 0 spiro atoms. The number of rotatable bonds is 4. The van der Waals surface area contributed by atoms with Crippen LogP contribution in [0.3, 0.4) is 0 Å². The second kappa shape index (κ2) is 7.75. The average molecular weight is 392 g/mol. The number of aryl methyl sites for hydroxylation is 2. The van der Waals surface area contributed by atoms with Crippen molar-refractivity contribution in [1.29, 1.82) is 0 Å². The van der Waals surface area contributed by atoms with E-state index in [-0.39, 0.29) is 17.0 Å². The van der Waals surface area contributed by atoms with Crippen molar-refractivity contribution in [2.45, 2.75) is 52.4 Å². The van der Waals surface area contributed by atoms with Crippen LogP contribution in [0.5, 0.6) is 11.5 Å². The summed E-state index contributed by atoms with van der Waals surface area (Å²) in [4.78, 5) is 18.7. The van der Waals surface area contributed by atoms with Crippen LogP contribution in [0.25, 0.3) is 0 Å². The molecule has 1 saturated carbocycles. The Morgan fingerprint density at radius 1 is 1.04 bits per heavy atom. The van der Waals surface area contributed by atoms with Crippen molar-refractivity contribution in [1.82, 2.24) is 0 Å². The van der Waals surface area contributed by atoms with Gasteiger partial charge in [-0.05, 0) is 73.4 Å². The van der Waals surface area contributed by atoms with Crippen LogP contribution < -0.4 is 10.0 Å². The van der Waals surface area contributed by atoms with Crippen molar-refractivity contribution in [3.05, 3.63) is 52.8 Å². The van der Waals surface area contributed by atoms with E-state index in [2.05, 4.69) is 6.92 Å². The zero-order chi connectivity index (χ0) is 19.8. The lowest BCUT2D eigenvalue weighted by Crippen LogP contribution is -2.12. The maximum absolute atomic E-state index is 14.7. The highest BCUT2D eigenvalue weighted by molar-refractivity contribution is 7.60. The molecule has 0 radical (unpaired) electrons. The van der Waals surface area contributed by atoms with Crippen LogP contribution in [-0.2, 0) is 4.57 Å². The van der Waals surface area contributed by atoms with Gasteiger partial charge in [0.25, 0.3) is 0 Å². The summed E-state index contributed by atoms with van der Waals surface area (Å²) < 4.78 is 32.0. The Bertz CT molecular complexity index is 859. The Labute approximate surface area is 159 Å². The standard InChI is InChI=1S/C21H26FO4P/c1-13-4-6-16(7-5-13)19-9-8-17(12-20(19)22)26-21-14(2)10-18(11-15(21)3)27(23,24)25/h8-13,16H,4-7H2,1-3H3,(H2,23,24,25)/t13-,16-. The van der Waals surface area contributed by atoms with Gasteiger partial charge in [-0.1, -0.05) is 25.8 Å². The van der Waals surface area contributed by atoms with E-state index in [1.807, 2.05) is 0 Å². The molecular formula is C21H26FO4P. The van der Waals surface area contributed by atoms with Crippen molar-refractivity contribution in [2.24, 2.45) is 5.92 Å². The predicted molar refractivity (Wildman–Crippen MR) is 104 cm³/mol. The first-order valence-corrected chi connectivity index (χ1v) is 10.9. The van der Waals surface area contributed by atoms with E-state index in [1.165, 1.54) is 18.2 Å². The Morgan fingerprint density at radius 3 is 2.15 bits per heavy atom. The highest BCUT2D eigenvalue weighted by Crippen LogP contribution is 2.39. The number of hydrogen-bond donors (Lipinski definition) is 2. The van der Waals surface area contributed by atoms with E-state index in [9.17, 15) is 18.7 Å². The van der Waals surface area contributed by atoms with E-state index >= 15 is 0 Å². The van der Waals surface area contributed by atoms with Gasteiger partial charge in [0.15, 0.2) is 0 Å². The molecule has 4 nitrogen and oxygen atoms in total. The second-order valence-electron chi connectivity index (χ2n) is 7.69. The van der Waals surface area contributed by atoms with Gasteiger partial charge in [-0.25, -0.2) is 4.39 Å². The van der Waals surface area contributed by atoms with Gasteiger partial charge in [0.2, 0.25) is 0 Å². The minimum atomic E-state index is -4.32. The highest BCUT2D eigenvalue weighted by atomic mass is 31.2. The van der Waals surface area contributed by atoms with E-state index in [0.717, 1.165) is 31.2 Å². The molecule has 0 unspecified atom stereocenters. The zero-order valence-electron chi connectivity index (χ0n) is 15.9. The predicted octanol–water partition coefficient (Wildman–Crippen LogP) is 5.33. The summed E-state index contributed by atoms with van der Waals surface area (Å²) in [5.74, 6) is 1.60. The van der Waals surface area contributed by atoms with E-state index in [1.54, 1.807) is 26.0 Å². The van der Waals surface area contributed by atoms with Crippen LogP contribution in [-0.4, -0.2) is 9.79 Å². The normalized spacial score (nSPS) is 20.5. The lowest BCUT2D eigenvalue weighted by Gasteiger charge is -2.26. The summed E-state index contributed by atoms with van der Waals surface area (Å²) in [6.07, 6.45) is 4.29. The molecule has 2 N–H and O–H groups in total. The molecule has 0 aliphatic heterocycles. The molecule has 6 heteroatoms. The molecule has 0 bridgehead atoms. The first-order chi connectivity index (χ1) is 12.6. The van der Waals surface area contributed by atoms with Gasteiger partial charge < -0.3 is 14.5 Å². The number of ether oxygens (including phenoxy) is 1. The largest absolute Gasteiger partial charge is 0.457 e. The molecule has 1 aliphatic carbocycles. The Morgan fingerprint density at radius 2 is 1.63 bits per heavy atom. The van der Waals surface area contributed by atoms with Crippen LogP contribution >= 0.6 is 7.60 Å². The van der Waals surface area contributed by atoms with Gasteiger partial charge in [-0.3, -0.25) is 4.57 Å². The lowest BCUT2D eigenvalue weighted by molar-refractivity contribution is 0.341. The maximum atomic E-state index is 14.7. The Balaban J connectivity index is 1.82. The summed E-state index contributed by atoms with van der Waals surface area (Å²) in [6.45, 7) is 5.68. The molecule has 27 heavy (non-hydrogen) atoms. The van der Waals surface area contributed by atoms with Crippen molar-refractivity contribution >= 4 is 12.9 Å². The highest BCUT2D eigenvalue weighted by Gasteiger charge is 2.23. The summed E-state index contributed by atoms with van der Waals surface area (Å²) in [7, 11) is -4.32. The Kier molecular flexibility index (Phi) is 5.76. The van der Waals surface area contributed by atoms with E-state index < -0.39 is 7.60 Å². The fourth-order valence-corrected chi connectivity index (χ4v) is 4.57. The smallest absolute Gasteiger partial charge is 0.356 e. The fourth-order valence-electron chi connectivity index (χ4n) is 3.85. The lowest BCUT2D eigenvalue weighted by atomic mass is 9.79. The molecule has 2 aromatic rings. The van der Waals surface area contributed by atoms with Crippen LogP contribution in [0.15, 0.2) is 30.3 Å². The first-order valence-electron chi connectivity index (χ1n) is 9.30. The first kappa shape index (κ1) is 20.1. The number of hydrogen-bond acceptors (Lipinski definition) is 2. The van der Waals surface area contributed by atoms with Gasteiger partial charge in [0.1, 0.15) is 17.3 Å². The molecule has 0 heterocycles. The minimum absolute atomic E-state index is 0.0436. The summed E-state index contributed by atoms with van der Waals surface area (Å²) >= 11 is 0. The van der Waals surface area contributed by atoms with Crippen LogP contribution in [0.2, 0.25) is 0 Å². The third-order valence-electron chi connectivity index (χ3n) is 5.43. The van der Waals surface area contributed by atoms with Gasteiger partial charge in [-0.15, -0.1) is 0 Å².